The lowest BCUT2D eigenvalue weighted by Crippen LogP contribution is -2.26. The van der Waals surface area contributed by atoms with Crippen LogP contribution in [0.3, 0.4) is 0 Å². The Labute approximate surface area is 287 Å². The molecule has 0 saturated heterocycles. The summed E-state index contributed by atoms with van der Waals surface area (Å²) in [6.07, 6.45) is 19.5. The lowest BCUT2D eigenvalue weighted by atomic mass is 9.82. The molecule has 238 valence electrons. The number of fused-ring (bicyclic) bond motifs is 9. The summed E-state index contributed by atoms with van der Waals surface area (Å²) < 4.78 is 7.15. The van der Waals surface area contributed by atoms with E-state index in [2.05, 4.69) is 159 Å². The summed E-state index contributed by atoms with van der Waals surface area (Å²) in [5.74, 6) is 0.0891. The van der Waals surface area contributed by atoms with Crippen LogP contribution in [0.2, 0.25) is 0 Å². The molecule has 3 aliphatic rings. The van der Waals surface area contributed by atoms with Gasteiger partial charge in [-0.1, -0.05) is 88.4 Å². The predicted octanol–water partition coefficient (Wildman–Crippen LogP) is 11.2. The first-order chi connectivity index (χ1) is 23.8. The van der Waals surface area contributed by atoms with Crippen LogP contribution in [0.5, 0.6) is 0 Å². The van der Waals surface area contributed by atoms with Crippen molar-refractivity contribution in [1.82, 2.24) is 0 Å². The van der Waals surface area contributed by atoms with Crippen molar-refractivity contribution in [3.8, 4) is 12.1 Å². The van der Waals surface area contributed by atoms with E-state index in [1.54, 1.807) is 0 Å². The molecule has 1 aliphatic carbocycles. The highest BCUT2D eigenvalue weighted by Crippen LogP contribution is 2.51. The van der Waals surface area contributed by atoms with Crippen LogP contribution in [0.4, 0.5) is 22.7 Å². The lowest BCUT2D eigenvalue weighted by molar-refractivity contribution is 0.590. The van der Waals surface area contributed by atoms with Crippen molar-refractivity contribution >= 4 is 44.7 Å². The average Bonchev–Trinajstić information content (AvgIpc) is 3.40. The summed E-state index contributed by atoms with van der Waals surface area (Å²) in [5, 5.41) is 22.2. The summed E-state index contributed by atoms with van der Waals surface area (Å²) in [7, 11) is 0. The molecule has 5 aromatic rings. The maximum atomic E-state index is 10.1. The minimum atomic E-state index is -0.291. The molecule has 1 aromatic heterocycles. The molecule has 2 unspecified atom stereocenters. The maximum absolute atomic E-state index is 10.1. The minimum Gasteiger partial charge on any atom is -0.455 e. The van der Waals surface area contributed by atoms with Crippen molar-refractivity contribution in [2.45, 2.75) is 44.9 Å². The molecule has 0 saturated carbocycles. The molecule has 2 bridgehead atoms. The van der Waals surface area contributed by atoms with Gasteiger partial charge < -0.3 is 14.2 Å². The normalized spacial score (nSPS) is 19.5. The van der Waals surface area contributed by atoms with Gasteiger partial charge in [0.05, 0.1) is 22.5 Å². The van der Waals surface area contributed by atoms with Crippen molar-refractivity contribution in [3.63, 3.8) is 0 Å². The molecule has 0 N–H and O–H groups in total. The number of anilines is 4. The van der Waals surface area contributed by atoms with E-state index in [9.17, 15) is 10.5 Å². The van der Waals surface area contributed by atoms with Gasteiger partial charge in [0.25, 0.3) is 0 Å². The molecular weight excluding hydrogens is 601 g/mol. The van der Waals surface area contributed by atoms with Gasteiger partial charge in [-0.15, -0.1) is 0 Å². The van der Waals surface area contributed by atoms with Crippen molar-refractivity contribution in [1.29, 1.82) is 10.5 Å². The molecule has 0 radical (unpaired) electrons. The molecule has 5 heteroatoms. The van der Waals surface area contributed by atoms with Crippen molar-refractivity contribution in [3.05, 3.63) is 155 Å². The van der Waals surface area contributed by atoms with E-state index in [1.165, 1.54) is 0 Å². The zero-order valence-corrected chi connectivity index (χ0v) is 28.1. The molecular formula is C44H36N4O. The van der Waals surface area contributed by atoms with Crippen LogP contribution >= 0.6 is 0 Å². The maximum Gasteiger partial charge on any atom is 0.141 e. The Morgan fingerprint density at radius 3 is 2.18 bits per heavy atom. The Balaban J connectivity index is 1.41. The third-order valence-corrected chi connectivity index (χ3v) is 9.89. The van der Waals surface area contributed by atoms with Crippen LogP contribution < -0.4 is 9.80 Å². The molecule has 2 aliphatic heterocycles. The SMILES string of the molecule is CC1/C=C\C=C/CN(c2ccccc2)c2ccc3c(oc4c5c(ccc43)N(c3cc(C#N)c(C#N)cc3C(C)(C)C)C3=CC5C=CC=C3)c21. The van der Waals surface area contributed by atoms with E-state index in [-0.39, 0.29) is 17.3 Å². The number of rotatable bonds is 2. The first kappa shape index (κ1) is 30.3. The Morgan fingerprint density at radius 1 is 0.755 bits per heavy atom. The first-order valence-corrected chi connectivity index (χ1v) is 16.8. The monoisotopic (exact) mass is 636 g/mol. The second-order valence-corrected chi connectivity index (χ2v) is 14.0. The summed E-state index contributed by atoms with van der Waals surface area (Å²) in [6, 6.07) is 27.7. The highest BCUT2D eigenvalue weighted by Gasteiger charge is 2.34. The molecule has 8 rings (SSSR count). The van der Waals surface area contributed by atoms with Gasteiger partial charge in [-0.2, -0.15) is 10.5 Å². The smallest absolute Gasteiger partial charge is 0.141 e. The first-order valence-electron chi connectivity index (χ1n) is 16.8. The topological polar surface area (TPSA) is 67.2 Å². The lowest BCUT2D eigenvalue weighted by Gasteiger charge is -2.37. The zero-order valence-electron chi connectivity index (χ0n) is 28.1. The highest BCUT2D eigenvalue weighted by atomic mass is 16.3. The molecule has 2 atom stereocenters. The quantitative estimate of drug-likeness (QED) is 0.193. The second kappa shape index (κ2) is 11.6. The van der Waals surface area contributed by atoms with Gasteiger partial charge >= 0.3 is 0 Å². The molecule has 4 aromatic carbocycles. The minimum absolute atomic E-state index is 0.0141. The van der Waals surface area contributed by atoms with Crippen LogP contribution in [0, 0.1) is 22.7 Å². The van der Waals surface area contributed by atoms with Crippen molar-refractivity contribution in [2.24, 2.45) is 0 Å². The van der Waals surface area contributed by atoms with Gasteiger partial charge in [-0.05, 0) is 71.7 Å². The van der Waals surface area contributed by atoms with Crippen LogP contribution in [-0.4, -0.2) is 6.54 Å². The van der Waals surface area contributed by atoms with Crippen molar-refractivity contribution < 1.29 is 4.42 Å². The van der Waals surface area contributed by atoms with Crippen LogP contribution in [0.15, 0.2) is 132 Å². The van der Waals surface area contributed by atoms with Crippen LogP contribution in [0.25, 0.3) is 21.9 Å². The Kier molecular flexibility index (Phi) is 7.16. The molecule has 3 heterocycles. The fourth-order valence-corrected chi connectivity index (χ4v) is 7.57. The van der Waals surface area contributed by atoms with Gasteiger partial charge in [0.15, 0.2) is 0 Å². The van der Waals surface area contributed by atoms with Gasteiger partial charge in [-0.25, -0.2) is 0 Å². The van der Waals surface area contributed by atoms with Crippen LogP contribution in [0.1, 0.15) is 67.3 Å². The fourth-order valence-electron chi connectivity index (χ4n) is 7.57. The van der Waals surface area contributed by atoms with Crippen LogP contribution in [-0.2, 0) is 5.41 Å². The van der Waals surface area contributed by atoms with Gasteiger partial charge in [-0.3, -0.25) is 0 Å². The zero-order chi connectivity index (χ0) is 33.9. The Hall–Kier alpha value is -6.04. The summed E-state index contributed by atoms with van der Waals surface area (Å²) >= 11 is 0. The van der Waals surface area contributed by atoms with E-state index in [0.29, 0.717) is 11.1 Å². The standard InChI is InChI=1S/C44H36N4O/c1-28-13-7-6-12-22-47(32-15-8-5-9-16-32)37-20-18-34-35-19-21-38-41(43(35)49-42(34)40(28)37)29-14-10-11-17-33(23-29)48(38)39-25-31(27-46)30(26-45)24-36(39)44(2,3)4/h5-21,23-25,28-29H,22H2,1-4H3/b12-6-,13-7-. The summed E-state index contributed by atoms with van der Waals surface area (Å²) in [5.41, 5.74) is 10.7. The average molecular weight is 637 g/mol. The van der Waals surface area contributed by atoms with Gasteiger partial charge in [0.2, 0.25) is 0 Å². The highest BCUT2D eigenvalue weighted by molar-refractivity contribution is 6.10. The fraction of sp³-hybridized carbons (Fsp3) is 0.182. The third kappa shape index (κ3) is 4.90. The number of furan rings is 1. The number of allylic oxidation sites excluding steroid dienone is 8. The number of hydrogen-bond donors (Lipinski definition) is 0. The Morgan fingerprint density at radius 2 is 1.45 bits per heavy atom. The molecule has 0 fully saturated rings. The van der Waals surface area contributed by atoms with E-state index >= 15 is 0 Å². The number of para-hydroxylation sites is 1. The van der Waals surface area contributed by atoms with Crippen molar-refractivity contribution in [2.75, 3.05) is 16.3 Å². The molecule has 0 spiro atoms. The Bertz CT molecular complexity index is 2400. The van der Waals surface area contributed by atoms with E-state index in [1.807, 2.05) is 12.1 Å². The number of nitriles is 2. The van der Waals surface area contributed by atoms with Gasteiger partial charge in [0.1, 0.15) is 23.3 Å². The summed E-state index contributed by atoms with van der Waals surface area (Å²) in [4.78, 5) is 4.60. The molecule has 0 amide bonds. The third-order valence-electron chi connectivity index (χ3n) is 9.89. The number of nitrogens with zero attached hydrogens (tertiary/aromatic N) is 4. The second-order valence-electron chi connectivity index (χ2n) is 14.0. The largest absolute Gasteiger partial charge is 0.455 e. The number of benzene rings is 4. The molecule has 49 heavy (non-hydrogen) atoms. The van der Waals surface area contributed by atoms with E-state index in [0.717, 1.165) is 73.6 Å². The number of hydrogen-bond acceptors (Lipinski definition) is 5. The summed E-state index contributed by atoms with van der Waals surface area (Å²) in [6.45, 7) is 9.42. The predicted molar refractivity (Wildman–Crippen MR) is 200 cm³/mol. The molecule has 5 nitrogen and oxygen atoms in total. The van der Waals surface area contributed by atoms with E-state index in [4.69, 9.17) is 4.42 Å². The van der Waals surface area contributed by atoms with E-state index < -0.39 is 0 Å². The van der Waals surface area contributed by atoms with Gasteiger partial charge in [0, 0.05) is 57.4 Å².